The zero-order chi connectivity index (χ0) is 17.8. The number of carbonyl (C=O) groups excluding carboxylic acids is 1. The van der Waals surface area contributed by atoms with Crippen molar-refractivity contribution in [3.63, 3.8) is 0 Å². The Hall–Kier alpha value is -2.95. The number of aryl methyl sites for hydroxylation is 1. The van der Waals surface area contributed by atoms with E-state index in [-0.39, 0.29) is 11.8 Å². The summed E-state index contributed by atoms with van der Waals surface area (Å²) in [5.74, 6) is 0.915. The van der Waals surface area contributed by atoms with Crippen molar-refractivity contribution in [3.05, 3.63) is 59.7 Å². The molecule has 2 aromatic rings. The summed E-state index contributed by atoms with van der Waals surface area (Å²) in [6, 6.07) is 16.0. The number of benzene rings is 2. The molecular formula is C20H22N4O. The summed E-state index contributed by atoms with van der Waals surface area (Å²) in [5.41, 5.74) is 7.50. The minimum Gasteiger partial charge on any atom is -0.344 e. The molecular weight excluding hydrogens is 312 g/mol. The molecule has 0 aliphatic carbocycles. The highest BCUT2D eigenvalue weighted by Crippen LogP contribution is 2.24. The Morgan fingerprint density at radius 3 is 2.68 bits per heavy atom. The lowest BCUT2D eigenvalue weighted by Crippen LogP contribution is -2.31. The van der Waals surface area contributed by atoms with E-state index < -0.39 is 0 Å². The molecule has 2 N–H and O–H groups in total. The first-order chi connectivity index (χ1) is 12.0. The van der Waals surface area contributed by atoms with Gasteiger partial charge in [-0.2, -0.15) is 5.10 Å². The standard InChI is InChI=1S/C20H22N4O/c1-13-11-16(20-14(2)12-19(25)23-24-20)9-10-18(13)22-15(3)21-17-7-5-4-6-8-17/h4-11,14H,12H2,1-3H3,(H,21,22)(H,23,25). The van der Waals surface area contributed by atoms with E-state index in [2.05, 4.69) is 26.9 Å². The highest BCUT2D eigenvalue weighted by molar-refractivity contribution is 6.06. The Kier molecular flexibility index (Phi) is 4.93. The second-order valence-corrected chi connectivity index (χ2v) is 6.33. The van der Waals surface area contributed by atoms with Crippen LogP contribution in [0.25, 0.3) is 0 Å². The van der Waals surface area contributed by atoms with Crippen LogP contribution in [-0.2, 0) is 4.79 Å². The van der Waals surface area contributed by atoms with E-state index in [1.165, 1.54) is 0 Å². The van der Waals surface area contributed by atoms with Gasteiger partial charge in [-0.05, 0) is 49.2 Å². The number of nitrogens with one attached hydrogen (secondary N) is 2. The third kappa shape index (κ3) is 4.12. The van der Waals surface area contributed by atoms with Crippen LogP contribution in [0, 0.1) is 12.8 Å². The number of hydrogen-bond donors (Lipinski definition) is 2. The number of rotatable bonds is 3. The fraction of sp³-hybridized carbons (Fsp3) is 0.250. The normalized spacial score (nSPS) is 17.7. The van der Waals surface area contributed by atoms with Gasteiger partial charge in [0.15, 0.2) is 0 Å². The van der Waals surface area contributed by atoms with Crippen molar-refractivity contribution < 1.29 is 4.79 Å². The van der Waals surface area contributed by atoms with Crippen LogP contribution in [-0.4, -0.2) is 17.5 Å². The first kappa shape index (κ1) is 16.9. The van der Waals surface area contributed by atoms with Gasteiger partial charge in [-0.25, -0.2) is 10.4 Å². The Bertz CT molecular complexity index is 840. The van der Waals surface area contributed by atoms with E-state index >= 15 is 0 Å². The number of anilines is 1. The van der Waals surface area contributed by atoms with Crippen LogP contribution in [0.2, 0.25) is 0 Å². The molecule has 1 atom stereocenters. The number of aliphatic imine (C=N–C) groups is 1. The van der Waals surface area contributed by atoms with Crippen LogP contribution in [0.15, 0.2) is 58.6 Å². The fourth-order valence-electron chi connectivity index (χ4n) is 2.88. The first-order valence-electron chi connectivity index (χ1n) is 8.38. The lowest BCUT2D eigenvalue weighted by Gasteiger charge is -2.19. The van der Waals surface area contributed by atoms with Gasteiger partial charge >= 0.3 is 0 Å². The van der Waals surface area contributed by atoms with E-state index in [1.54, 1.807) is 0 Å². The summed E-state index contributed by atoms with van der Waals surface area (Å²) in [7, 11) is 0. The number of hydrazone groups is 1. The van der Waals surface area contributed by atoms with Crippen molar-refractivity contribution in [2.45, 2.75) is 27.2 Å². The smallest absolute Gasteiger partial charge is 0.240 e. The third-order valence-corrected chi connectivity index (χ3v) is 4.14. The molecule has 25 heavy (non-hydrogen) atoms. The van der Waals surface area contributed by atoms with E-state index in [1.807, 2.05) is 63.2 Å². The average Bonchev–Trinajstić information content (AvgIpc) is 2.58. The molecule has 5 heteroatoms. The highest BCUT2D eigenvalue weighted by atomic mass is 16.2. The van der Waals surface area contributed by atoms with Crippen LogP contribution in [0.1, 0.15) is 31.4 Å². The SMILES string of the molecule is CC(=Nc1ccc(C2=NNC(=O)CC2C)cc1C)Nc1ccccc1. The van der Waals surface area contributed by atoms with Gasteiger partial charge in [0.25, 0.3) is 0 Å². The predicted molar refractivity (Wildman–Crippen MR) is 102 cm³/mol. The van der Waals surface area contributed by atoms with E-state index in [4.69, 9.17) is 0 Å². The summed E-state index contributed by atoms with van der Waals surface area (Å²) in [6.07, 6.45) is 0.470. The molecule has 0 spiro atoms. The predicted octanol–water partition coefficient (Wildman–Crippen LogP) is 4.02. The molecule has 1 heterocycles. The lowest BCUT2D eigenvalue weighted by molar-refractivity contribution is -0.121. The van der Waals surface area contributed by atoms with Crippen molar-refractivity contribution in [2.24, 2.45) is 16.0 Å². The molecule has 0 saturated carbocycles. The molecule has 5 nitrogen and oxygen atoms in total. The Labute approximate surface area is 147 Å². The maximum absolute atomic E-state index is 11.4. The molecule has 0 radical (unpaired) electrons. The highest BCUT2D eigenvalue weighted by Gasteiger charge is 2.21. The number of nitrogens with zero attached hydrogens (tertiary/aromatic N) is 2. The maximum Gasteiger partial charge on any atom is 0.240 e. The van der Waals surface area contributed by atoms with Gasteiger partial charge in [0.1, 0.15) is 5.84 Å². The fourth-order valence-corrected chi connectivity index (χ4v) is 2.88. The van der Waals surface area contributed by atoms with Gasteiger partial charge in [-0.1, -0.05) is 31.2 Å². The van der Waals surface area contributed by atoms with E-state index in [0.29, 0.717) is 6.42 Å². The second kappa shape index (κ2) is 7.30. The monoisotopic (exact) mass is 334 g/mol. The van der Waals surface area contributed by atoms with Gasteiger partial charge in [0.05, 0.1) is 11.4 Å². The number of amidine groups is 1. The van der Waals surface area contributed by atoms with Gasteiger partial charge in [0, 0.05) is 18.0 Å². The zero-order valence-electron chi connectivity index (χ0n) is 14.7. The van der Waals surface area contributed by atoms with E-state index in [0.717, 1.165) is 34.0 Å². The topological polar surface area (TPSA) is 65.8 Å². The summed E-state index contributed by atoms with van der Waals surface area (Å²) >= 11 is 0. The Balaban J connectivity index is 1.80. The number of carbonyl (C=O) groups is 1. The van der Waals surface area contributed by atoms with Crippen molar-refractivity contribution in [3.8, 4) is 0 Å². The van der Waals surface area contributed by atoms with Crippen LogP contribution in [0.4, 0.5) is 11.4 Å². The number of para-hydroxylation sites is 1. The van der Waals surface area contributed by atoms with Crippen molar-refractivity contribution in [2.75, 3.05) is 5.32 Å². The van der Waals surface area contributed by atoms with Gasteiger partial charge in [-0.3, -0.25) is 4.79 Å². The summed E-state index contributed by atoms with van der Waals surface area (Å²) in [4.78, 5) is 16.1. The molecule has 0 bridgehead atoms. The molecule has 128 valence electrons. The van der Waals surface area contributed by atoms with Crippen LogP contribution < -0.4 is 10.7 Å². The molecule has 1 aliphatic rings. The second-order valence-electron chi connectivity index (χ2n) is 6.33. The minimum absolute atomic E-state index is 0.0307. The quantitative estimate of drug-likeness (QED) is 0.658. The van der Waals surface area contributed by atoms with Crippen LogP contribution >= 0.6 is 0 Å². The molecule has 3 rings (SSSR count). The Morgan fingerprint density at radius 1 is 1.24 bits per heavy atom. The van der Waals surface area contributed by atoms with Crippen molar-refractivity contribution in [1.82, 2.24) is 5.43 Å². The molecule has 1 amide bonds. The van der Waals surface area contributed by atoms with Crippen molar-refractivity contribution in [1.29, 1.82) is 0 Å². The molecule has 0 fully saturated rings. The minimum atomic E-state index is -0.0307. The summed E-state index contributed by atoms with van der Waals surface area (Å²) in [5, 5.41) is 7.50. The first-order valence-corrected chi connectivity index (χ1v) is 8.38. The van der Waals surface area contributed by atoms with Gasteiger partial charge in [0.2, 0.25) is 5.91 Å². The molecule has 0 saturated heterocycles. The number of hydrogen-bond acceptors (Lipinski definition) is 3. The van der Waals surface area contributed by atoms with Crippen molar-refractivity contribution >= 4 is 28.8 Å². The zero-order valence-corrected chi connectivity index (χ0v) is 14.7. The Morgan fingerprint density at radius 2 is 2.00 bits per heavy atom. The number of amides is 1. The van der Waals surface area contributed by atoms with Crippen LogP contribution in [0.5, 0.6) is 0 Å². The molecule has 1 unspecified atom stereocenters. The van der Waals surface area contributed by atoms with Crippen LogP contribution in [0.3, 0.4) is 0 Å². The van der Waals surface area contributed by atoms with Gasteiger partial charge < -0.3 is 5.32 Å². The summed E-state index contributed by atoms with van der Waals surface area (Å²) < 4.78 is 0. The average molecular weight is 334 g/mol. The lowest BCUT2D eigenvalue weighted by atomic mass is 9.93. The molecule has 0 aromatic heterocycles. The molecule has 1 aliphatic heterocycles. The van der Waals surface area contributed by atoms with Gasteiger partial charge in [-0.15, -0.1) is 0 Å². The molecule has 2 aromatic carbocycles. The third-order valence-electron chi connectivity index (χ3n) is 4.14. The summed E-state index contributed by atoms with van der Waals surface area (Å²) in [6.45, 7) is 6.00. The van der Waals surface area contributed by atoms with E-state index in [9.17, 15) is 4.79 Å². The maximum atomic E-state index is 11.4. The largest absolute Gasteiger partial charge is 0.344 e.